The topological polar surface area (TPSA) is 108 Å². The van der Waals surface area contributed by atoms with Crippen LogP contribution in [0.1, 0.15) is 39.5 Å². The second-order valence-electron chi connectivity index (χ2n) is 8.63. The number of aromatic nitrogens is 4. The summed E-state index contributed by atoms with van der Waals surface area (Å²) >= 11 is 0. The van der Waals surface area contributed by atoms with Crippen LogP contribution in [0.2, 0.25) is 0 Å². The molecule has 0 aliphatic carbocycles. The monoisotopic (exact) mass is 452 g/mol. The van der Waals surface area contributed by atoms with Crippen molar-refractivity contribution in [3.8, 4) is 5.75 Å². The van der Waals surface area contributed by atoms with E-state index in [4.69, 9.17) is 14.0 Å². The van der Waals surface area contributed by atoms with Gasteiger partial charge in [0.15, 0.2) is 0 Å². The number of aryl methyl sites for hydroxylation is 3. The Labute approximate surface area is 191 Å². The van der Waals surface area contributed by atoms with Gasteiger partial charge in [0, 0.05) is 43.7 Å². The van der Waals surface area contributed by atoms with Gasteiger partial charge < -0.3 is 19.3 Å². The molecular formula is C23H28N6O4. The van der Waals surface area contributed by atoms with E-state index >= 15 is 0 Å². The van der Waals surface area contributed by atoms with Crippen molar-refractivity contribution in [1.29, 1.82) is 0 Å². The fourth-order valence-corrected chi connectivity index (χ4v) is 4.34. The highest BCUT2D eigenvalue weighted by molar-refractivity contribution is 5.94. The lowest BCUT2D eigenvalue weighted by Gasteiger charge is -2.20. The zero-order valence-electron chi connectivity index (χ0n) is 18.9. The first kappa shape index (κ1) is 21.6. The summed E-state index contributed by atoms with van der Waals surface area (Å²) in [5.41, 5.74) is 3.30. The van der Waals surface area contributed by atoms with Crippen LogP contribution in [0.25, 0.3) is 0 Å². The van der Waals surface area contributed by atoms with Gasteiger partial charge in [-0.3, -0.25) is 14.4 Å². The number of carbonyl (C=O) groups excluding carboxylic acids is 1. The summed E-state index contributed by atoms with van der Waals surface area (Å²) in [6, 6.07) is 7.10. The van der Waals surface area contributed by atoms with Crippen LogP contribution in [0.3, 0.4) is 0 Å². The lowest BCUT2D eigenvalue weighted by atomic mass is 10.1. The Morgan fingerprint density at radius 2 is 2.15 bits per heavy atom. The Kier molecular flexibility index (Phi) is 6.10. The van der Waals surface area contributed by atoms with Crippen LogP contribution in [0.5, 0.6) is 5.75 Å². The molecule has 0 radical (unpaired) electrons. The Bertz CT molecular complexity index is 1110. The number of likely N-dealkylation sites (tertiary alicyclic amines) is 1. The van der Waals surface area contributed by atoms with E-state index in [-0.39, 0.29) is 18.1 Å². The Hall–Kier alpha value is -3.24. The van der Waals surface area contributed by atoms with Gasteiger partial charge in [0.25, 0.3) is 5.91 Å². The smallest absolute Gasteiger partial charge is 0.251 e. The molecule has 4 heterocycles. The van der Waals surface area contributed by atoms with Crippen molar-refractivity contribution in [2.75, 3.05) is 19.7 Å². The first-order valence-corrected chi connectivity index (χ1v) is 11.2. The molecule has 5 rings (SSSR count). The summed E-state index contributed by atoms with van der Waals surface area (Å²) in [7, 11) is 0. The van der Waals surface area contributed by atoms with Crippen LogP contribution in [0.4, 0.5) is 0 Å². The molecule has 10 heteroatoms. The average molecular weight is 453 g/mol. The number of nitrogens with zero attached hydrogens (tertiary/aromatic N) is 5. The van der Waals surface area contributed by atoms with Gasteiger partial charge in [0.2, 0.25) is 0 Å². The molecule has 1 N–H and O–H groups in total. The standard InChI is InChI=1S/C23H28N6O4/c1-15-20(16(2)33-26-15)11-28-12-21-22(13-28)32-14-18-10-29(27-25-18)7-4-8-31-19-6-3-5-17(9-19)23(30)24-21/h3,5-6,9-10,21-22H,4,7-8,11-14H2,1-2H3,(H,24,30)/t21-,22-/m0/s1. The zero-order chi connectivity index (χ0) is 22.8. The third-order valence-corrected chi connectivity index (χ3v) is 6.15. The van der Waals surface area contributed by atoms with E-state index in [1.165, 1.54) is 0 Å². The number of hydrogen-bond donors (Lipinski definition) is 1. The molecule has 1 amide bonds. The third-order valence-electron chi connectivity index (χ3n) is 6.15. The van der Waals surface area contributed by atoms with E-state index < -0.39 is 0 Å². The van der Waals surface area contributed by atoms with Crippen LogP contribution in [-0.4, -0.2) is 62.8 Å². The van der Waals surface area contributed by atoms with E-state index in [0.29, 0.717) is 50.7 Å². The molecule has 0 saturated carbocycles. The van der Waals surface area contributed by atoms with Crippen LogP contribution in [0, 0.1) is 13.8 Å². The Morgan fingerprint density at radius 1 is 1.24 bits per heavy atom. The summed E-state index contributed by atoms with van der Waals surface area (Å²) in [4.78, 5) is 15.3. The van der Waals surface area contributed by atoms with E-state index in [1.807, 2.05) is 36.9 Å². The molecule has 10 nitrogen and oxygen atoms in total. The van der Waals surface area contributed by atoms with E-state index in [2.05, 4.69) is 25.7 Å². The highest BCUT2D eigenvalue weighted by atomic mass is 16.5. The molecule has 2 atom stereocenters. The highest BCUT2D eigenvalue weighted by Crippen LogP contribution is 2.22. The van der Waals surface area contributed by atoms with Gasteiger partial charge >= 0.3 is 0 Å². The molecule has 1 fully saturated rings. The highest BCUT2D eigenvalue weighted by Gasteiger charge is 2.35. The maximum Gasteiger partial charge on any atom is 0.251 e. The molecule has 1 aromatic carbocycles. The lowest BCUT2D eigenvalue weighted by Crippen LogP contribution is -2.44. The van der Waals surface area contributed by atoms with E-state index in [0.717, 1.165) is 29.1 Å². The number of ether oxygens (including phenoxy) is 2. The van der Waals surface area contributed by atoms with Gasteiger partial charge in [-0.25, -0.2) is 0 Å². The minimum Gasteiger partial charge on any atom is -0.494 e. The fourth-order valence-electron chi connectivity index (χ4n) is 4.34. The predicted molar refractivity (Wildman–Crippen MR) is 118 cm³/mol. The van der Waals surface area contributed by atoms with Crippen molar-refractivity contribution >= 4 is 5.91 Å². The van der Waals surface area contributed by atoms with Crippen LogP contribution in [0.15, 0.2) is 35.0 Å². The van der Waals surface area contributed by atoms with Gasteiger partial charge in [0.1, 0.15) is 17.2 Å². The molecule has 2 aliphatic heterocycles. The summed E-state index contributed by atoms with van der Waals surface area (Å²) in [6.07, 6.45) is 2.49. The number of amides is 1. The summed E-state index contributed by atoms with van der Waals surface area (Å²) < 4.78 is 19.2. The summed E-state index contributed by atoms with van der Waals surface area (Å²) in [5.74, 6) is 1.35. The zero-order valence-corrected chi connectivity index (χ0v) is 18.9. The SMILES string of the molecule is Cc1noc(C)c1CN1C[C@@H]2NC(=O)c3cccc(c3)OCCCn3cc(nn3)CO[C@H]2C1. The van der Waals surface area contributed by atoms with Crippen molar-refractivity contribution < 1.29 is 18.8 Å². The van der Waals surface area contributed by atoms with Gasteiger partial charge in [-0.05, 0) is 32.0 Å². The molecule has 33 heavy (non-hydrogen) atoms. The molecule has 2 aromatic heterocycles. The number of hydrogen-bond acceptors (Lipinski definition) is 8. The van der Waals surface area contributed by atoms with E-state index in [9.17, 15) is 4.79 Å². The number of benzene rings is 1. The maximum absolute atomic E-state index is 13.1. The molecule has 4 bridgehead atoms. The largest absolute Gasteiger partial charge is 0.494 e. The maximum atomic E-state index is 13.1. The second kappa shape index (κ2) is 9.32. The Balaban J connectivity index is 1.37. The molecular weight excluding hydrogens is 424 g/mol. The van der Waals surface area contributed by atoms with Gasteiger partial charge in [0.05, 0.1) is 37.3 Å². The number of nitrogens with one attached hydrogen (secondary N) is 1. The van der Waals surface area contributed by atoms with Crippen molar-refractivity contribution in [1.82, 2.24) is 30.4 Å². The van der Waals surface area contributed by atoms with Crippen LogP contribution in [-0.2, 0) is 24.4 Å². The molecule has 0 spiro atoms. The average Bonchev–Trinajstić information content (AvgIpc) is 3.51. The van der Waals surface area contributed by atoms with Crippen molar-refractivity contribution in [3.63, 3.8) is 0 Å². The lowest BCUT2D eigenvalue weighted by molar-refractivity contribution is 0.0293. The molecule has 0 unspecified atom stereocenters. The van der Waals surface area contributed by atoms with Crippen molar-refractivity contribution in [2.24, 2.45) is 0 Å². The first-order chi connectivity index (χ1) is 16.0. The summed E-state index contributed by atoms with van der Waals surface area (Å²) in [6.45, 7) is 7.44. The molecule has 2 aliphatic rings. The molecule has 174 valence electrons. The minimum atomic E-state index is -0.188. The van der Waals surface area contributed by atoms with Crippen molar-refractivity contribution in [3.05, 3.63) is 58.7 Å². The van der Waals surface area contributed by atoms with Gasteiger partial charge in [-0.2, -0.15) is 0 Å². The number of rotatable bonds is 2. The minimum absolute atomic E-state index is 0.142. The Morgan fingerprint density at radius 3 is 3.00 bits per heavy atom. The molecule has 3 aromatic rings. The molecule has 1 saturated heterocycles. The third kappa shape index (κ3) is 4.91. The van der Waals surface area contributed by atoms with Crippen LogP contribution < -0.4 is 10.1 Å². The first-order valence-electron chi connectivity index (χ1n) is 11.2. The van der Waals surface area contributed by atoms with Gasteiger partial charge in [-0.1, -0.05) is 16.4 Å². The van der Waals surface area contributed by atoms with Gasteiger partial charge in [-0.15, -0.1) is 5.10 Å². The fraction of sp³-hybridized carbons (Fsp3) is 0.478. The second-order valence-corrected chi connectivity index (χ2v) is 8.63. The number of fused-ring (bicyclic) bond motifs is 5. The van der Waals surface area contributed by atoms with Crippen LogP contribution >= 0.6 is 0 Å². The van der Waals surface area contributed by atoms with Crippen molar-refractivity contribution in [2.45, 2.75) is 52.1 Å². The van der Waals surface area contributed by atoms with E-state index in [1.54, 1.807) is 12.1 Å². The number of carbonyl (C=O) groups is 1. The normalized spacial score (nSPS) is 21.9. The predicted octanol–water partition coefficient (Wildman–Crippen LogP) is 1.87. The summed E-state index contributed by atoms with van der Waals surface area (Å²) in [5, 5.41) is 15.6. The quantitative estimate of drug-likeness (QED) is 0.628.